The molecule has 0 aliphatic rings. The van der Waals surface area contributed by atoms with Crippen molar-refractivity contribution in [2.45, 2.75) is 32.6 Å². The van der Waals surface area contributed by atoms with Crippen molar-refractivity contribution in [3.8, 4) is 6.07 Å². The van der Waals surface area contributed by atoms with E-state index in [0.717, 1.165) is 10.4 Å². The number of rotatable bonds is 4. The highest BCUT2D eigenvalue weighted by molar-refractivity contribution is 7.90. The van der Waals surface area contributed by atoms with Crippen LogP contribution in [0.1, 0.15) is 22.2 Å². The van der Waals surface area contributed by atoms with Crippen LogP contribution in [0.25, 0.3) is 0 Å². The molecule has 0 saturated heterocycles. The maximum absolute atomic E-state index is 11.5. The van der Waals surface area contributed by atoms with Crippen LogP contribution in [-0.4, -0.2) is 13.7 Å². The molecule has 1 atom stereocenters. The Bertz CT molecular complexity index is 492. The summed E-state index contributed by atoms with van der Waals surface area (Å²) in [5, 5.41) is 7.53. The maximum atomic E-state index is 11.5. The van der Waals surface area contributed by atoms with Crippen molar-refractivity contribution in [3.05, 3.63) is 21.4 Å². The second kappa shape index (κ2) is 4.95. The van der Waals surface area contributed by atoms with Gasteiger partial charge in [-0.15, -0.1) is 11.3 Å². The van der Waals surface area contributed by atoms with Gasteiger partial charge in [-0.25, -0.2) is 13.1 Å². The lowest BCUT2D eigenvalue weighted by Gasteiger charge is -2.06. The number of sulfonamides is 1. The molecule has 6 heteroatoms. The van der Waals surface area contributed by atoms with Gasteiger partial charge in [0.25, 0.3) is 0 Å². The van der Waals surface area contributed by atoms with Gasteiger partial charge in [0.2, 0.25) is 10.0 Å². The number of nitrogens with one attached hydrogen (secondary N) is 1. The SMILES string of the molecule is Cc1cc(CNS(=O)(=O)C(C)C#N)sc1C. The van der Waals surface area contributed by atoms with E-state index in [1.807, 2.05) is 19.9 Å². The molecule has 4 nitrogen and oxygen atoms in total. The Morgan fingerprint density at radius 3 is 2.62 bits per heavy atom. The molecule has 0 saturated carbocycles. The molecule has 1 rings (SSSR count). The third-order valence-electron chi connectivity index (χ3n) is 2.31. The summed E-state index contributed by atoms with van der Waals surface area (Å²) in [6, 6.07) is 3.67. The standard InChI is InChI=1S/C10H14N2O2S2/c1-7-4-10(15-9(7)3)6-12-16(13,14)8(2)5-11/h4,8,12H,6H2,1-3H3. The number of nitrogens with zero attached hydrogens (tertiary/aromatic N) is 1. The summed E-state index contributed by atoms with van der Waals surface area (Å²) in [5.74, 6) is 0. The van der Waals surface area contributed by atoms with Crippen LogP contribution in [0, 0.1) is 25.2 Å². The number of aryl methyl sites for hydroxylation is 2. The number of nitriles is 1. The summed E-state index contributed by atoms with van der Waals surface area (Å²) in [6.07, 6.45) is 0. The lowest BCUT2D eigenvalue weighted by atomic mass is 10.3. The minimum Gasteiger partial charge on any atom is -0.211 e. The monoisotopic (exact) mass is 258 g/mol. The summed E-state index contributed by atoms with van der Waals surface area (Å²) < 4.78 is 25.4. The molecule has 0 aromatic carbocycles. The van der Waals surface area contributed by atoms with Crippen molar-refractivity contribution in [1.82, 2.24) is 4.72 Å². The lowest BCUT2D eigenvalue weighted by molar-refractivity contribution is 0.577. The van der Waals surface area contributed by atoms with E-state index in [2.05, 4.69) is 4.72 Å². The summed E-state index contributed by atoms with van der Waals surface area (Å²) in [6.45, 7) is 5.61. The van der Waals surface area contributed by atoms with Gasteiger partial charge in [0, 0.05) is 16.3 Å². The van der Waals surface area contributed by atoms with E-state index < -0.39 is 15.3 Å². The summed E-state index contributed by atoms with van der Waals surface area (Å²) in [7, 11) is -3.52. The third kappa shape index (κ3) is 3.04. The van der Waals surface area contributed by atoms with Gasteiger partial charge in [-0.2, -0.15) is 5.26 Å². The predicted octanol–water partition coefficient (Wildman–Crippen LogP) is 1.70. The molecule has 0 radical (unpaired) electrons. The highest BCUT2D eigenvalue weighted by atomic mass is 32.2. The third-order valence-corrected chi connectivity index (χ3v) is 5.05. The smallest absolute Gasteiger partial charge is 0.211 e. The van der Waals surface area contributed by atoms with Crippen LogP contribution in [0.15, 0.2) is 6.07 Å². The van der Waals surface area contributed by atoms with Crippen molar-refractivity contribution in [3.63, 3.8) is 0 Å². The minimum absolute atomic E-state index is 0.258. The highest BCUT2D eigenvalue weighted by Gasteiger charge is 2.19. The van der Waals surface area contributed by atoms with Gasteiger partial charge in [0.15, 0.2) is 5.25 Å². The van der Waals surface area contributed by atoms with Gasteiger partial charge in [0.05, 0.1) is 6.07 Å². The largest absolute Gasteiger partial charge is 0.228 e. The fourth-order valence-electron chi connectivity index (χ4n) is 1.10. The van der Waals surface area contributed by atoms with E-state index in [9.17, 15) is 8.42 Å². The van der Waals surface area contributed by atoms with E-state index in [4.69, 9.17) is 5.26 Å². The van der Waals surface area contributed by atoms with Crippen molar-refractivity contribution in [2.75, 3.05) is 0 Å². The van der Waals surface area contributed by atoms with E-state index in [1.165, 1.54) is 11.8 Å². The van der Waals surface area contributed by atoms with Crippen LogP contribution in [0.5, 0.6) is 0 Å². The van der Waals surface area contributed by atoms with Gasteiger partial charge in [-0.1, -0.05) is 0 Å². The van der Waals surface area contributed by atoms with Crippen LogP contribution >= 0.6 is 11.3 Å². The van der Waals surface area contributed by atoms with Crippen molar-refractivity contribution in [2.24, 2.45) is 0 Å². The molecule has 1 aromatic rings. The molecule has 0 fully saturated rings. The molecule has 0 amide bonds. The van der Waals surface area contributed by atoms with Gasteiger partial charge < -0.3 is 0 Å². The predicted molar refractivity (Wildman–Crippen MR) is 64.6 cm³/mol. The zero-order valence-electron chi connectivity index (χ0n) is 9.44. The average Bonchev–Trinajstić information content (AvgIpc) is 2.54. The Morgan fingerprint density at radius 2 is 2.19 bits per heavy atom. The van der Waals surface area contributed by atoms with E-state index in [-0.39, 0.29) is 6.54 Å². The van der Waals surface area contributed by atoms with E-state index >= 15 is 0 Å². The summed E-state index contributed by atoms with van der Waals surface area (Å²) >= 11 is 1.56. The second-order valence-electron chi connectivity index (χ2n) is 3.59. The fourth-order valence-corrected chi connectivity index (χ4v) is 2.93. The maximum Gasteiger partial charge on any atom is 0.228 e. The van der Waals surface area contributed by atoms with Crippen LogP contribution in [0.3, 0.4) is 0 Å². The van der Waals surface area contributed by atoms with Gasteiger partial charge in [0.1, 0.15) is 0 Å². The Labute approximate surface area is 100.0 Å². The normalized spacial score (nSPS) is 13.4. The number of hydrogen-bond donors (Lipinski definition) is 1. The molecule has 88 valence electrons. The first-order valence-corrected chi connectivity index (χ1v) is 7.17. The van der Waals surface area contributed by atoms with Gasteiger partial charge in [-0.05, 0) is 32.4 Å². The molecule has 1 aromatic heterocycles. The van der Waals surface area contributed by atoms with Crippen molar-refractivity contribution < 1.29 is 8.42 Å². The molecule has 0 aliphatic carbocycles. The van der Waals surface area contributed by atoms with Crippen molar-refractivity contribution in [1.29, 1.82) is 5.26 Å². The summed E-state index contributed by atoms with van der Waals surface area (Å²) in [4.78, 5) is 2.14. The van der Waals surface area contributed by atoms with Gasteiger partial charge in [-0.3, -0.25) is 0 Å². The van der Waals surface area contributed by atoms with E-state index in [0.29, 0.717) is 0 Å². The van der Waals surface area contributed by atoms with Crippen molar-refractivity contribution >= 4 is 21.4 Å². The Balaban J connectivity index is 2.69. The highest BCUT2D eigenvalue weighted by Crippen LogP contribution is 2.20. The Kier molecular flexibility index (Phi) is 4.08. The average molecular weight is 258 g/mol. The molecular weight excluding hydrogens is 244 g/mol. The van der Waals surface area contributed by atoms with Gasteiger partial charge >= 0.3 is 0 Å². The molecule has 0 spiro atoms. The first-order chi connectivity index (χ1) is 7.36. The van der Waals surface area contributed by atoms with Crippen LogP contribution in [0.4, 0.5) is 0 Å². The Hall–Kier alpha value is -0.900. The molecule has 0 aliphatic heterocycles. The molecule has 0 bridgehead atoms. The summed E-state index contributed by atoms with van der Waals surface area (Å²) in [5.41, 5.74) is 1.16. The first-order valence-electron chi connectivity index (χ1n) is 4.81. The molecule has 1 unspecified atom stereocenters. The quantitative estimate of drug-likeness (QED) is 0.893. The minimum atomic E-state index is -3.52. The zero-order valence-corrected chi connectivity index (χ0v) is 11.1. The molecular formula is C10H14N2O2S2. The van der Waals surface area contributed by atoms with Crippen LogP contribution in [-0.2, 0) is 16.6 Å². The van der Waals surface area contributed by atoms with Crippen LogP contribution < -0.4 is 4.72 Å². The lowest BCUT2D eigenvalue weighted by Crippen LogP contribution is -2.30. The fraction of sp³-hybridized carbons (Fsp3) is 0.500. The molecule has 1 heterocycles. The second-order valence-corrected chi connectivity index (χ2v) is 7.02. The first kappa shape index (κ1) is 13.2. The molecule has 1 N–H and O–H groups in total. The molecule has 16 heavy (non-hydrogen) atoms. The number of thiophene rings is 1. The topological polar surface area (TPSA) is 70.0 Å². The number of hydrogen-bond acceptors (Lipinski definition) is 4. The zero-order chi connectivity index (χ0) is 12.3. The van der Waals surface area contributed by atoms with Crippen LogP contribution in [0.2, 0.25) is 0 Å². The Morgan fingerprint density at radius 1 is 1.56 bits per heavy atom. The van der Waals surface area contributed by atoms with E-state index in [1.54, 1.807) is 17.4 Å².